The first-order valence-electron chi connectivity index (χ1n) is 6.89. The Hall–Kier alpha value is -1.07. The van der Waals surface area contributed by atoms with Gasteiger partial charge in [0.25, 0.3) is 5.56 Å². The number of halogens is 1. The Morgan fingerprint density at radius 2 is 2.21 bits per heavy atom. The molecule has 19 heavy (non-hydrogen) atoms. The summed E-state index contributed by atoms with van der Waals surface area (Å²) < 4.78 is 0. The largest absolute Gasteiger partial charge is 0.355 e. The van der Waals surface area contributed by atoms with Gasteiger partial charge in [0.15, 0.2) is 5.82 Å². The minimum atomic E-state index is -0.256. The number of nitrogens with zero attached hydrogens (tertiary/aromatic N) is 2. The lowest BCUT2D eigenvalue weighted by Crippen LogP contribution is -2.51. The number of piperidine rings is 2. The van der Waals surface area contributed by atoms with E-state index in [2.05, 4.69) is 20.2 Å². The Morgan fingerprint density at radius 3 is 3.00 bits per heavy atom. The van der Waals surface area contributed by atoms with Crippen molar-refractivity contribution in [3.63, 3.8) is 0 Å². The molecule has 1 unspecified atom stereocenters. The van der Waals surface area contributed by atoms with E-state index in [9.17, 15) is 4.79 Å². The van der Waals surface area contributed by atoms with Crippen molar-refractivity contribution in [3.8, 4) is 0 Å². The molecule has 1 spiro atoms. The van der Waals surface area contributed by atoms with Crippen LogP contribution in [0.25, 0.3) is 0 Å². The molecule has 0 saturated carbocycles. The predicted octanol–water partition coefficient (Wildman–Crippen LogP) is 1.39. The average Bonchev–Trinajstić information content (AvgIpc) is 2.43. The summed E-state index contributed by atoms with van der Waals surface area (Å²) in [6.07, 6.45) is 6.29. The molecule has 2 N–H and O–H groups in total. The van der Waals surface area contributed by atoms with E-state index in [0.717, 1.165) is 32.6 Å². The maximum Gasteiger partial charge on any atom is 0.271 e. The number of anilines is 1. The van der Waals surface area contributed by atoms with Crippen molar-refractivity contribution in [2.75, 3.05) is 31.1 Å². The van der Waals surface area contributed by atoms with Crippen molar-refractivity contribution in [2.24, 2.45) is 5.41 Å². The van der Waals surface area contributed by atoms with Crippen molar-refractivity contribution in [3.05, 3.63) is 21.7 Å². The Kier molecular flexibility index (Phi) is 3.50. The van der Waals surface area contributed by atoms with E-state index in [1.165, 1.54) is 25.6 Å². The molecule has 1 aromatic rings. The molecule has 1 aromatic heterocycles. The number of aromatic amines is 1. The molecule has 2 fully saturated rings. The third kappa shape index (κ3) is 2.49. The van der Waals surface area contributed by atoms with Gasteiger partial charge in [-0.25, -0.2) is 4.98 Å². The van der Waals surface area contributed by atoms with E-state index in [-0.39, 0.29) is 10.6 Å². The molecular weight excluding hydrogens is 264 g/mol. The topological polar surface area (TPSA) is 61.0 Å². The number of nitrogens with one attached hydrogen (secondary N) is 2. The van der Waals surface area contributed by atoms with Crippen LogP contribution in [0.2, 0.25) is 5.02 Å². The van der Waals surface area contributed by atoms with E-state index < -0.39 is 0 Å². The second-order valence-corrected chi connectivity index (χ2v) is 6.05. The number of hydrogen-bond donors (Lipinski definition) is 2. The molecule has 2 saturated heterocycles. The zero-order chi connectivity index (χ0) is 13.3. The van der Waals surface area contributed by atoms with Crippen molar-refractivity contribution in [1.82, 2.24) is 15.3 Å². The minimum Gasteiger partial charge on any atom is -0.355 e. The first kappa shape index (κ1) is 12.9. The third-order valence-corrected chi connectivity index (χ3v) is 4.64. The van der Waals surface area contributed by atoms with Gasteiger partial charge in [0.2, 0.25) is 0 Å². The summed E-state index contributed by atoms with van der Waals surface area (Å²) >= 11 is 6.09. The van der Waals surface area contributed by atoms with E-state index >= 15 is 0 Å². The van der Waals surface area contributed by atoms with Crippen LogP contribution in [0.4, 0.5) is 5.82 Å². The Labute approximate surface area is 117 Å². The molecule has 0 bridgehead atoms. The SMILES string of the molecule is O=c1[nH]cnc(N2CCCC3(CCCNC3)C2)c1Cl. The van der Waals surface area contributed by atoms with Gasteiger partial charge in [0, 0.05) is 25.0 Å². The smallest absolute Gasteiger partial charge is 0.271 e. The lowest BCUT2D eigenvalue weighted by molar-refractivity contribution is 0.173. The van der Waals surface area contributed by atoms with Gasteiger partial charge in [-0.15, -0.1) is 0 Å². The molecule has 3 rings (SSSR count). The predicted molar refractivity (Wildman–Crippen MR) is 75.9 cm³/mol. The molecule has 6 heteroatoms. The average molecular weight is 283 g/mol. The second kappa shape index (κ2) is 5.13. The highest BCUT2D eigenvalue weighted by Crippen LogP contribution is 2.37. The fraction of sp³-hybridized carbons (Fsp3) is 0.692. The van der Waals surface area contributed by atoms with E-state index in [0.29, 0.717) is 11.2 Å². The summed E-state index contributed by atoms with van der Waals surface area (Å²) in [6, 6.07) is 0. The zero-order valence-corrected chi connectivity index (χ0v) is 11.7. The molecular formula is C13H19ClN4O. The summed E-state index contributed by atoms with van der Waals surface area (Å²) in [4.78, 5) is 20.5. The van der Waals surface area contributed by atoms with Gasteiger partial charge in [-0.2, -0.15) is 0 Å². The monoisotopic (exact) mass is 282 g/mol. The quantitative estimate of drug-likeness (QED) is 0.817. The maximum absolute atomic E-state index is 11.6. The zero-order valence-electron chi connectivity index (χ0n) is 10.9. The van der Waals surface area contributed by atoms with Crippen LogP contribution >= 0.6 is 11.6 Å². The minimum absolute atomic E-state index is 0.211. The summed E-state index contributed by atoms with van der Waals surface area (Å²) in [5, 5.41) is 3.71. The van der Waals surface area contributed by atoms with Gasteiger partial charge in [-0.1, -0.05) is 11.6 Å². The fourth-order valence-corrected chi connectivity index (χ4v) is 3.58. The van der Waals surface area contributed by atoms with Crippen LogP contribution < -0.4 is 15.8 Å². The number of hydrogen-bond acceptors (Lipinski definition) is 4. The number of aromatic nitrogens is 2. The summed E-state index contributed by atoms with van der Waals surface area (Å²) in [6.45, 7) is 4.05. The van der Waals surface area contributed by atoms with Crippen molar-refractivity contribution in [2.45, 2.75) is 25.7 Å². The second-order valence-electron chi connectivity index (χ2n) is 5.67. The van der Waals surface area contributed by atoms with Gasteiger partial charge in [0.05, 0.1) is 6.33 Å². The molecule has 2 aliphatic rings. The molecule has 0 aliphatic carbocycles. The van der Waals surface area contributed by atoms with Crippen LogP contribution in [-0.2, 0) is 0 Å². The highest BCUT2D eigenvalue weighted by atomic mass is 35.5. The van der Waals surface area contributed by atoms with Gasteiger partial charge in [-0.3, -0.25) is 4.79 Å². The lowest BCUT2D eigenvalue weighted by Gasteiger charge is -2.45. The molecule has 0 radical (unpaired) electrons. The summed E-state index contributed by atoms with van der Waals surface area (Å²) in [7, 11) is 0. The van der Waals surface area contributed by atoms with Gasteiger partial charge < -0.3 is 15.2 Å². The standard InChI is InChI=1S/C13H19ClN4O/c14-10-11(16-9-17-12(10)19)18-6-2-4-13(8-18)3-1-5-15-7-13/h9,15H,1-8H2,(H,16,17,19). The number of H-pyrrole nitrogens is 1. The normalized spacial score (nSPS) is 27.7. The van der Waals surface area contributed by atoms with Crippen molar-refractivity contribution in [1.29, 1.82) is 0 Å². The summed E-state index contributed by atoms with van der Waals surface area (Å²) in [5.74, 6) is 0.634. The molecule has 3 heterocycles. The van der Waals surface area contributed by atoms with E-state index in [1.807, 2.05) is 0 Å². The van der Waals surface area contributed by atoms with Crippen LogP contribution in [0, 0.1) is 5.41 Å². The maximum atomic E-state index is 11.6. The molecule has 104 valence electrons. The Morgan fingerprint density at radius 1 is 1.37 bits per heavy atom. The van der Waals surface area contributed by atoms with Gasteiger partial charge in [-0.05, 0) is 32.2 Å². The molecule has 0 aromatic carbocycles. The fourth-order valence-electron chi connectivity index (χ4n) is 3.36. The highest BCUT2D eigenvalue weighted by Gasteiger charge is 2.37. The van der Waals surface area contributed by atoms with E-state index in [1.54, 1.807) is 0 Å². The van der Waals surface area contributed by atoms with Crippen LogP contribution in [-0.4, -0.2) is 36.1 Å². The van der Waals surface area contributed by atoms with Crippen molar-refractivity contribution >= 4 is 17.4 Å². The summed E-state index contributed by atoms with van der Waals surface area (Å²) in [5.41, 5.74) is 0.0671. The Balaban J connectivity index is 1.85. The first-order chi connectivity index (χ1) is 9.20. The molecule has 0 amide bonds. The van der Waals surface area contributed by atoms with Crippen LogP contribution in [0.3, 0.4) is 0 Å². The van der Waals surface area contributed by atoms with Gasteiger partial charge >= 0.3 is 0 Å². The molecule has 1 atom stereocenters. The Bertz CT molecular complexity index is 504. The molecule has 2 aliphatic heterocycles. The first-order valence-corrected chi connectivity index (χ1v) is 7.27. The lowest BCUT2D eigenvalue weighted by atomic mass is 9.74. The number of rotatable bonds is 1. The molecule has 5 nitrogen and oxygen atoms in total. The third-order valence-electron chi connectivity index (χ3n) is 4.30. The van der Waals surface area contributed by atoms with Crippen molar-refractivity contribution < 1.29 is 0 Å². The highest BCUT2D eigenvalue weighted by molar-refractivity contribution is 6.32. The van der Waals surface area contributed by atoms with E-state index in [4.69, 9.17) is 11.6 Å². The van der Waals surface area contributed by atoms with Crippen LogP contribution in [0.1, 0.15) is 25.7 Å². The van der Waals surface area contributed by atoms with Gasteiger partial charge in [0.1, 0.15) is 5.02 Å². The van der Waals surface area contributed by atoms with Crippen LogP contribution in [0.15, 0.2) is 11.1 Å². The van der Waals surface area contributed by atoms with Crippen LogP contribution in [0.5, 0.6) is 0 Å².